The molecule has 4 aromatic carbocycles. The van der Waals surface area contributed by atoms with Gasteiger partial charge in [0.05, 0.1) is 44.0 Å². The molecule has 0 saturated carbocycles. The lowest BCUT2D eigenvalue weighted by Gasteiger charge is -2.18. The number of carbonyl (C=O) groups excluding carboxylic acids is 3. The molecule has 0 aliphatic carbocycles. The maximum atomic E-state index is 14.5. The van der Waals surface area contributed by atoms with Crippen LogP contribution in [0.5, 0.6) is 11.5 Å². The third-order valence-corrected chi connectivity index (χ3v) is 8.35. The number of nitrogens with zero attached hydrogens (tertiary/aromatic N) is 4. The van der Waals surface area contributed by atoms with Crippen LogP contribution in [-0.2, 0) is 13.2 Å². The summed E-state index contributed by atoms with van der Waals surface area (Å²) >= 11 is 6.37. The minimum Gasteiger partial charge on any atom is -0.453 e. The lowest BCUT2D eigenvalue weighted by molar-refractivity contribution is -0.137. The highest BCUT2D eigenvalue weighted by atomic mass is 35.5. The smallest absolute Gasteiger partial charge is 0.416 e. The van der Waals surface area contributed by atoms with Crippen LogP contribution >= 0.6 is 11.6 Å². The Labute approximate surface area is 295 Å². The summed E-state index contributed by atoms with van der Waals surface area (Å²) in [5.74, 6) is -5.56. The number of amides is 3. The Bertz CT molecular complexity index is 2450. The standard InChI is InChI=1S/C37H21ClF5N5O4/c1-47-31-19(9-11-24-6-4-5-13-44-24)16-28(45-34(49)20-14-21(37(41,42)43)17-23(40)15-20)32(52-29-18-22(39)10-12-27(29)38)30(31)33(46-47)48-35(50)25-7-2-3-8-26(25)36(48)51/h2-18H,1H3,(H,45,49)/b11-9+. The molecule has 0 saturated heterocycles. The van der Waals surface area contributed by atoms with Crippen LogP contribution in [0.4, 0.5) is 33.5 Å². The van der Waals surface area contributed by atoms with Gasteiger partial charge >= 0.3 is 6.18 Å². The van der Waals surface area contributed by atoms with E-state index >= 15 is 0 Å². The van der Waals surface area contributed by atoms with Gasteiger partial charge in [-0.3, -0.25) is 24.0 Å². The molecule has 6 aromatic rings. The average molecular weight is 730 g/mol. The second-order valence-electron chi connectivity index (χ2n) is 11.4. The molecular formula is C37H21ClF5N5O4. The molecule has 2 aromatic heterocycles. The zero-order chi connectivity index (χ0) is 36.9. The van der Waals surface area contributed by atoms with Crippen molar-refractivity contribution in [3.05, 3.63) is 141 Å². The monoisotopic (exact) mass is 729 g/mol. The number of ether oxygens (including phenoxy) is 1. The Morgan fingerprint density at radius 2 is 1.60 bits per heavy atom. The fourth-order valence-electron chi connectivity index (χ4n) is 5.73. The number of fused-ring (bicyclic) bond motifs is 2. The summed E-state index contributed by atoms with van der Waals surface area (Å²) < 4.78 is 77.2. The van der Waals surface area contributed by atoms with Crippen molar-refractivity contribution < 1.29 is 41.1 Å². The number of aromatic nitrogens is 3. The van der Waals surface area contributed by atoms with Gasteiger partial charge in [-0.2, -0.15) is 18.3 Å². The molecule has 1 aliphatic heterocycles. The number of benzene rings is 4. The molecule has 0 unspecified atom stereocenters. The summed E-state index contributed by atoms with van der Waals surface area (Å²) in [6, 6.07) is 17.1. The minimum atomic E-state index is -4.97. The molecule has 0 bridgehead atoms. The molecular weight excluding hydrogens is 709 g/mol. The largest absolute Gasteiger partial charge is 0.453 e. The zero-order valence-electron chi connectivity index (χ0n) is 26.5. The van der Waals surface area contributed by atoms with E-state index in [9.17, 15) is 36.3 Å². The molecule has 0 radical (unpaired) electrons. The number of anilines is 2. The number of aryl methyl sites for hydroxylation is 1. The van der Waals surface area contributed by atoms with Crippen molar-refractivity contribution in [3.63, 3.8) is 0 Å². The van der Waals surface area contributed by atoms with Gasteiger partial charge in [-0.15, -0.1) is 0 Å². The highest BCUT2D eigenvalue weighted by molar-refractivity contribution is 6.36. The van der Waals surface area contributed by atoms with Gasteiger partial charge in [-0.25, -0.2) is 13.7 Å². The van der Waals surface area contributed by atoms with E-state index in [1.54, 1.807) is 48.7 Å². The van der Waals surface area contributed by atoms with Crippen LogP contribution in [-0.4, -0.2) is 32.5 Å². The van der Waals surface area contributed by atoms with E-state index in [2.05, 4.69) is 15.4 Å². The van der Waals surface area contributed by atoms with E-state index in [4.69, 9.17) is 16.3 Å². The Morgan fingerprint density at radius 3 is 2.27 bits per heavy atom. The summed E-state index contributed by atoms with van der Waals surface area (Å²) in [5, 5.41) is 6.86. The van der Waals surface area contributed by atoms with Crippen LogP contribution in [0.25, 0.3) is 23.1 Å². The van der Waals surface area contributed by atoms with Crippen molar-refractivity contribution in [1.82, 2.24) is 14.8 Å². The van der Waals surface area contributed by atoms with Gasteiger partial charge in [0, 0.05) is 30.4 Å². The first kappa shape index (κ1) is 34.1. The number of carbonyl (C=O) groups is 3. The van der Waals surface area contributed by atoms with Crippen molar-refractivity contribution in [3.8, 4) is 11.5 Å². The van der Waals surface area contributed by atoms with Crippen LogP contribution in [0.2, 0.25) is 5.02 Å². The third kappa shape index (κ3) is 6.24. The first-order valence-corrected chi connectivity index (χ1v) is 15.6. The summed E-state index contributed by atoms with van der Waals surface area (Å²) in [4.78, 5) is 46.2. The van der Waals surface area contributed by atoms with E-state index in [-0.39, 0.29) is 56.1 Å². The van der Waals surface area contributed by atoms with Crippen LogP contribution in [0.15, 0.2) is 91.1 Å². The molecule has 3 amide bonds. The molecule has 0 fully saturated rings. The fraction of sp³-hybridized carbons (Fsp3) is 0.0541. The molecule has 52 heavy (non-hydrogen) atoms. The zero-order valence-corrected chi connectivity index (χ0v) is 27.3. The molecule has 7 rings (SSSR count). The van der Waals surface area contributed by atoms with Crippen molar-refractivity contribution in [2.24, 2.45) is 7.05 Å². The van der Waals surface area contributed by atoms with Crippen molar-refractivity contribution in [1.29, 1.82) is 0 Å². The molecule has 1 N–H and O–H groups in total. The summed E-state index contributed by atoms with van der Waals surface area (Å²) in [5.41, 5.74) is -1.13. The summed E-state index contributed by atoms with van der Waals surface area (Å²) in [6.45, 7) is 0. The topological polar surface area (TPSA) is 106 Å². The molecule has 1 aliphatic rings. The minimum absolute atomic E-state index is 0.0500. The molecule has 260 valence electrons. The summed E-state index contributed by atoms with van der Waals surface area (Å²) in [6.07, 6.45) is -0.226. The normalized spacial score (nSPS) is 12.9. The van der Waals surface area contributed by atoms with E-state index in [0.717, 1.165) is 17.0 Å². The summed E-state index contributed by atoms with van der Waals surface area (Å²) in [7, 11) is 1.52. The lowest BCUT2D eigenvalue weighted by Crippen LogP contribution is -2.30. The van der Waals surface area contributed by atoms with Crippen molar-refractivity contribution in [2.45, 2.75) is 6.18 Å². The van der Waals surface area contributed by atoms with E-state index < -0.39 is 46.7 Å². The molecule has 3 heterocycles. The Hall–Kier alpha value is -6.41. The van der Waals surface area contributed by atoms with Crippen molar-refractivity contribution >= 4 is 63.9 Å². The lowest BCUT2D eigenvalue weighted by atomic mass is 10.0. The average Bonchev–Trinajstić information content (AvgIpc) is 3.58. The Balaban J connectivity index is 1.50. The number of pyridine rings is 1. The number of rotatable bonds is 7. The van der Waals surface area contributed by atoms with Gasteiger partial charge in [0.1, 0.15) is 17.4 Å². The van der Waals surface area contributed by atoms with Gasteiger partial charge in [0.25, 0.3) is 17.7 Å². The molecule has 15 heteroatoms. The second-order valence-corrected chi connectivity index (χ2v) is 11.9. The first-order valence-electron chi connectivity index (χ1n) is 15.2. The van der Waals surface area contributed by atoms with E-state index in [0.29, 0.717) is 23.4 Å². The maximum absolute atomic E-state index is 14.5. The quantitative estimate of drug-likeness (QED) is 0.130. The second kappa shape index (κ2) is 13.0. The van der Waals surface area contributed by atoms with Crippen LogP contribution in [0.3, 0.4) is 0 Å². The third-order valence-electron chi connectivity index (χ3n) is 8.04. The van der Waals surface area contributed by atoms with Crippen LogP contribution in [0, 0.1) is 11.6 Å². The number of hydrogen-bond acceptors (Lipinski definition) is 6. The van der Waals surface area contributed by atoms with Crippen molar-refractivity contribution in [2.75, 3.05) is 10.2 Å². The Morgan fingerprint density at radius 1 is 0.885 bits per heavy atom. The van der Waals surface area contributed by atoms with Crippen LogP contribution in [0.1, 0.15) is 47.9 Å². The van der Waals surface area contributed by atoms with Gasteiger partial charge in [0.15, 0.2) is 11.6 Å². The Kier molecular flexibility index (Phi) is 8.54. The van der Waals surface area contributed by atoms with Crippen LogP contribution < -0.4 is 15.0 Å². The number of imide groups is 1. The van der Waals surface area contributed by atoms with E-state index in [1.165, 1.54) is 36.0 Å². The van der Waals surface area contributed by atoms with Gasteiger partial charge in [0.2, 0.25) is 0 Å². The van der Waals surface area contributed by atoms with Gasteiger partial charge in [-0.1, -0.05) is 35.9 Å². The molecule has 9 nitrogen and oxygen atoms in total. The van der Waals surface area contributed by atoms with Gasteiger partial charge < -0.3 is 10.1 Å². The predicted molar refractivity (Wildman–Crippen MR) is 182 cm³/mol. The number of hydrogen-bond donors (Lipinski definition) is 1. The highest BCUT2D eigenvalue weighted by Gasteiger charge is 2.40. The molecule has 0 spiro atoms. The van der Waals surface area contributed by atoms with Gasteiger partial charge in [-0.05, 0) is 66.7 Å². The van der Waals surface area contributed by atoms with E-state index in [1.807, 2.05) is 0 Å². The maximum Gasteiger partial charge on any atom is 0.416 e. The fourth-order valence-corrected chi connectivity index (χ4v) is 5.89. The SMILES string of the molecule is Cn1nc(N2C(=O)c3ccccc3C2=O)c2c(Oc3cc(F)ccc3Cl)c(NC(=O)c3cc(F)cc(C(F)(F)F)c3)cc(/C=C/c3ccccn3)c21. The highest BCUT2D eigenvalue weighted by Crippen LogP contribution is 2.47. The molecule has 0 atom stereocenters. The number of halogens is 6. The predicted octanol–water partition coefficient (Wildman–Crippen LogP) is 8.93. The first-order chi connectivity index (χ1) is 24.8. The number of nitrogens with one attached hydrogen (secondary N) is 1. The number of alkyl halides is 3.